The Morgan fingerprint density at radius 3 is 2.54 bits per heavy atom. The Bertz CT molecular complexity index is 1520. The molecule has 0 radical (unpaired) electrons. The second kappa shape index (κ2) is 9.19. The van der Waals surface area contributed by atoms with Crippen molar-refractivity contribution in [3.05, 3.63) is 102 Å². The fourth-order valence-corrected chi connectivity index (χ4v) is 4.37. The molecule has 0 atom stereocenters. The summed E-state index contributed by atoms with van der Waals surface area (Å²) >= 11 is 1.52. The van der Waals surface area contributed by atoms with Gasteiger partial charge in [0.1, 0.15) is 4.83 Å². The molecule has 0 bridgehead atoms. The average molecular weight is 491 g/mol. The van der Waals surface area contributed by atoms with Crippen molar-refractivity contribution in [1.29, 1.82) is 0 Å². The Morgan fingerprint density at radius 2 is 1.74 bits per heavy atom. The van der Waals surface area contributed by atoms with Gasteiger partial charge in [-0.1, -0.05) is 12.1 Å². The maximum absolute atomic E-state index is 13.0. The number of halogens is 3. The molecule has 35 heavy (non-hydrogen) atoms. The van der Waals surface area contributed by atoms with Crippen molar-refractivity contribution in [2.75, 3.05) is 10.6 Å². The summed E-state index contributed by atoms with van der Waals surface area (Å²) in [6, 6.07) is 19.0. The largest absolute Gasteiger partial charge is 0.416 e. The van der Waals surface area contributed by atoms with Gasteiger partial charge in [-0.15, -0.1) is 11.3 Å². The second-order valence-corrected chi connectivity index (χ2v) is 8.57. The smallest absolute Gasteiger partial charge is 0.355 e. The number of rotatable bonds is 5. The molecule has 0 aliphatic carbocycles. The molecular formula is C26H17F3N4OS. The summed E-state index contributed by atoms with van der Waals surface area (Å²) < 4.78 is 39.0. The third kappa shape index (κ3) is 4.99. The van der Waals surface area contributed by atoms with Crippen LogP contribution in [0, 0.1) is 0 Å². The normalized spacial score (nSPS) is 11.4. The standard InChI is InChI=1S/C26H17F3N4OS/c27-26(28,29)18-6-1-4-16(12-18)24(34)32-20-8-2-7-19(13-20)31-23-14-22(17-5-3-10-30-15-17)33-25-21(23)9-11-35-25/h1-15H,(H,31,33)(H,32,34). The van der Waals surface area contributed by atoms with E-state index in [0.29, 0.717) is 11.4 Å². The lowest BCUT2D eigenvalue weighted by Crippen LogP contribution is -2.14. The van der Waals surface area contributed by atoms with E-state index in [1.807, 2.05) is 35.7 Å². The summed E-state index contributed by atoms with van der Waals surface area (Å²) in [5.41, 5.74) is 2.67. The van der Waals surface area contributed by atoms with E-state index in [-0.39, 0.29) is 5.56 Å². The third-order valence-electron chi connectivity index (χ3n) is 5.25. The van der Waals surface area contributed by atoms with Crippen molar-refractivity contribution in [2.24, 2.45) is 0 Å². The van der Waals surface area contributed by atoms with Crippen molar-refractivity contribution in [3.63, 3.8) is 0 Å². The minimum atomic E-state index is -4.52. The van der Waals surface area contributed by atoms with Gasteiger partial charge in [0.2, 0.25) is 0 Å². The SMILES string of the molecule is O=C(Nc1cccc(Nc2cc(-c3cccnc3)nc3sccc23)c1)c1cccc(C(F)(F)F)c1. The molecule has 1 amide bonds. The Labute approximate surface area is 202 Å². The van der Waals surface area contributed by atoms with E-state index in [2.05, 4.69) is 15.6 Å². The van der Waals surface area contributed by atoms with Crippen LogP contribution in [-0.4, -0.2) is 15.9 Å². The first kappa shape index (κ1) is 22.5. The number of carbonyl (C=O) groups is 1. The summed E-state index contributed by atoms with van der Waals surface area (Å²) in [6.45, 7) is 0. The Hall–Kier alpha value is -4.24. The topological polar surface area (TPSA) is 66.9 Å². The molecule has 9 heteroatoms. The van der Waals surface area contributed by atoms with E-state index in [1.54, 1.807) is 30.6 Å². The van der Waals surface area contributed by atoms with E-state index < -0.39 is 17.6 Å². The molecule has 0 fully saturated rings. The number of nitrogens with zero attached hydrogens (tertiary/aromatic N) is 2. The first-order valence-corrected chi connectivity index (χ1v) is 11.4. The van der Waals surface area contributed by atoms with E-state index in [9.17, 15) is 18.0 Å². The quantitative estimate of drug-likeness (QED) is 0.270. The number of alkyl halides is 3. The molecule has 0 spiro atoms. The summed E-state index contributed by atoms with van der Waals surface area (Å²) in [7, 11) is 0. The van der Waals surface area contributed by atoms with Crippen molar-refractivity contribution in [1.82, 2.24) is 9.97 Å². The lowest BCUT2D eigenvalue weighted by atomic mass is 10.1. The van der Waals surface area contributed by atoms with E-state index in [4.69, 9.17) is 4.98 Å². The maximum atomic E-state index is 13.0. The number of amides is 1. The predicted octanol–water partition coefficient (Wildman–Crippen LogP) is 7.37. The van der Waals surface area contributed by atoms with Crippen molar-refractivity contribution in [3.8, 4) is 11.3 Å². The first-order valence-electron chi connectivity index (χ1n) is 10.5. The number of fused-ring (bicyclic) bond motifs is 1. The minimum Gasteiger partial charge on any atom is -0.355 e. The number of anilines is 3. The molecule has 5 nitrogen and oxygen atoms in total. The maximum Gasteiger partial charge on any atom is 0.416 e. The highest BCUT2D eigenvalue weighted by Gasteiger charge is 2.30. The fraction of sp³-hybridized carbons (Fsp3) is 0.0385. The highest BCUT2D eigenvalue weighted by Crippen LogP contribution is 2.34. The highest BCUT2D eigenvalue weighted by molar-refractivity contribution is 7.16. The van der Waals surface area contributed by atoms with Gasteiger partial charge < -0.3 is 10.6 Å². The van der Waals surface area contributed by atoms with E-state index >= 15 is 0 Å². The highest BCUT2D eigenvalue weighted by atomic mass is 32.1. The zero-order valence-corrected chi connectivity index (χ0v) is 18.8. The van der Waals surface area contributed by atoms with E-state index in [0.717, 1.165) is 39.3 Å². The molecule has 5 rings (SSSR count). The molecule has 5 aromatic rings. The van der Waals surface area contributed by atoms with Crippen LogP contribution in [0.5, 0.6) is 0 Å². The van der Waals surface area contributed by atoms with Crippen molar-refractivity contribution < 1.29 is 18.0 Å². The number of hydrogen-bond acceptors (Lipinski definition) is 5. The molecule has 0 saturated heterocycles. The third-order valence-corrected chi connectivity index (χ3v) is 6.05. The van der Waals surface area contributed by atoms with Crippen LogP contribution in [0.15, 0.2) is 90.6 Å². The van der Waals surface area contributed by atoms with Crippen molar-refractivity contribution in [2.45, 2.75) is 6.18 Å². The van der Waals surface area contributed by atoms with Crippen LogP contribution in [0.3, 0.4) is 0 Å². The van der Waals surface area contributed by atoms with Gasteiger partial charge in [0, 0.05) is 40.3 Å². The van der Waals surface area contributed by atoms with Crippen LogP contribution in [0.25, 0.3) is 21.5 Å². The molecular weight excluding hydrogens is 473 g/mol. The van der Waals surface area contributed by atoms with Gasteiger partial charge in [0.15, 0.2) is 0 Å². The minimum absolute atomic E-state index is 0.0755. The van der Waals surface area contributed by atoms with E-state index in [1.165, 1.54) is 23.5 Å². The van der Waals surface area contributed by atoms with Gasteiger partial charge in [0.05, 0.1) is 16.9 Å². The van der Waals surface area contributed by atoms with Crippen molar-refractivity contribution >= 4 is 44.5 Å². The zero-order valence-electron chi connectivity index (χ0n) is 18.0. The average Bonchev–Trinajstić information content (AvgIpc) is 3.34. The molecule has 0 aliphatic rings. The predicted molar refractivity (Wildman–Crippen MR) is 132 cm³/mol. The number of benzene rings is 2. The molecule has 3 aromatic heterocycles. The first-order chi connectivity index (χ1) is 16.9. The lowest BCUT2D eigenvalue weighted by Gasteiger charge is -2.12. The number of pyridine rings is 2. The number of thiophene rings is 1. The number of aromatic nitrogens is 2. The van der Waals surface area contributed by atoms with Gasteiger partial charge >= 0.3 is 6.18 Å². The zero-order chi connectivity index (χ0) is 24.4. The molecule has 3 heterocycles. The molecule has 0 unspecified atom stereocenters. The lowest BCUT2D eigenvalue weighted by molar-refractivity contribution is -0.137. The van der Waals surface area contributed by atoms with Crippen LogP contribution < -0.4 is 10.6 Å². The van der Waals surface area contributed by atoms with Crippen LogP contribution in [0.1, 0.15) is 15.9 Å². The Balaban J connectivity index is 1.40. The van der Waals surface area contributed by atoms with Crippen LogP contribution >= 0.6 is 11.3 Å². The Kier molecular flexibility index (Phi) is 5.92. The molecule has 0 saturated carbocycles. The second-order valence-electron chi connectivity index (χ2n) is 7.67. The monoisotopic (exact) mass is 490 g/mol. The van der Waals surface area contributed by atoms with Crippen LogP contribution in [-0.2, 0) is 6.18 Å². The molecule has 2 N–H and O–H groups in total. The molecule has 2 aromatic carbocycles. The molecule has 174 valence electrons. The van der Waals surface area contributed by atoms with Gasteiger partial charge in [-0.25, -0.2) is 4.98 Å². The molecule has 0 aliphatic heterocycles. The summed E-state index contributed by atoms with van der Waals surface area (Å²) in [4.78, 5) is 22.3. The summed E-state index contributed by atoms with van der Waals surface area (Å²) in [6.07, 6.45) is -1.08. The van der Waals surface area contributed by atoms with Gasteiger partial charge in [-0.3, -0.25) is 9.78 Å². The van der Waals surface area contributed by atoms with Gasteiger partial charge in [0.25, 0.3) is 5.91 Å². The number of carbonyl (C=O) groups excluding carboxylic acids is 1. The summed E-state index contributed by atoms with van der Waals surface area (Å²) in [5.74, 6) is -0.628. The summed E-state index contributed by atoms with van der Waals surface area (Å²) in [5, 5.41) is 8.94. The van der Waals surface area contributed by atoms with Gasteiger partial charge in [-0.05, 0) is 66.0 Å². The van der Waals surface area contributed by atoms with Crippen LogP contribution in [0.4, 0.5) is 30.2 Å². The van der Waals surface area contributed by atoms with Gasteiger partial charge in [-0.2, -0.15) is 13.2 Å². The number of nitrogens with one attached hydrogen (secondary N) is 2. The van der Waals surface area contributed by atoms with Crippen LogP contribution in [0.2, 0.25) is 0 Å². The number of hydrogen-bond donors (Lipinski definition) is 2. The fourth-order valence-electron chi connectivity index (χ4n) is 3.58. The Morgan fingerprint density at radius 1 is 0.914 bits per heavy atom.